The molecule has 2 aromatic heterocycles. The van der Waals surface area contributed by atoms with Crippen molar-refractivity contribution in [3.63, 3.8) is 0 Å². The Morgan fingerprint density at radius 2 is 2.12 bits per heavy atom. The Labute approximate surface area is 140 Å². The minimum atomic E-state index is 0.0994. The number of nitrogens with zero attached hydrogens (tertiary/aromatic N) is 4. The normalized spacial score (nSPS) is 19.6. The highest BCUT2D eigenvalue weighted by Gasteiger charge is 2.30. The van der Waals surface area contributed by atoms with Crippen LogP contribution in [0.15, 0.2) is 24.5 Å². The zero-order valence-corrected chi connectivity index (χ0v) is 13.6. The third kappa shape index (κ3) is 2.71. The van der Waals surface area contributed by atoms with Crippen LogP contribution in [0.3, 0.4) is 0 Å². The van der Waals surface area contributed by atoms with Gasteiger partial charge in [-0.25, -0.2) is 9.97 Å². The molecule has 2 N–H and O–H groups in total. The first-order chi connectivity index (χ1) is 11.7. The fraction of sp³-hybridized carbons (Fsp3) is 0.412. The molecule has 2 aromatic rings. The lowest BCUT2D eigenvalue weighted by atomic mass is 10.2. The number of anilines is 1. The van der Waals surface area contributed by atoms with E-state index >= 15 is 0 Å². The van der Waals surface area contributed by atoms with E-state index in [0.29, 0.717) is 12.2 Å². The van der Waals surface area contributed by atoms with Crippen LogP contribution in [0.5, 0.6) is 0 Å². The molecule has 1 saturated heterocycles. The van der Waals surface area contributed by atoms with E-state index < -0.39 is 0 Å². The molecule has 0 spiro atoms. The summed E-state index contributed by atoms with van der Waals surface area (Å²) in [6.07, 6.45) is 4.00. The van der Waals surface area contributed by atoms with Crippen LogP contribution in [-0.2, 0) is 17.9 Å². The number of pyridine rings is 1. The molecular weight excluding hydrogens is 304 g/mol. The summed E-state index contributed by atoms with van der Waals surface area (Å²) >= 11 is 0. The van der Waals surface area contributed by atoms with Gasteiger partial charge in [0.15, 0.2) is 5.82 Å². The summed E-state index contributed by atoms with van der Waals surface area (Å²) in [4.78, 5) is 27.3. The third-order valence-corrected chi connectivity index (χ3v) is 4.56. The van der Waals surface area contributed by atoms with Gasteiger partial charge in [-0.2, -0.15) is 0 Å². The number of amides is 1. The Morgan fingerprint density at radius 3 is 2.88 bits per heavy atom. The van der Waals surface area contributed by atoms with Crippen LogP contribution in [-0.4, -0.2) is 44.9 Å². The number of hydrogen-bond acceptors (Lipinski definition) is 6. The molecule has 0 aliphatic carbocycles. The lowest BCUT2D eigenvalue weighted by molar-refractivity contribution is -0.127. The van der Waals surface area contributed by atoms with E-state index in [0.717, 1.165) is 48.8 Å². The van der Waals surface area contributed by atoms with Crippen LogP contribution < -0.4 is 10.6 Å². The Balaban J connectivity index is 1.65. The van der Waals surface area contributed by atoms with Crippen LogP contribution >= 0.6 is 0 Å². The van der Waals surface area contributed by atoms with E-state index in [2.05, 4.69) is 20.6 Å². The molecule has 0 aromatic carbocycles. The maximum absolute atomic E-state index is 12.0. The molecule has 4 heterocycles. The minimum absolute atomic E-state index is 0.0994. The second-order valence-electron chi connectivity index (χ2n) is 6.14. The maximum Gasteiger partial charge on any atom is 0.224 e. The van der Waals surface area contributed by atoms with Gasteiger partial charge in [0.2, 0.25) is 5.91 Å². The Morgan fingerprint density at radius 1 is 1.29 bits per heavy atom. The van der Waals surface area contributed by atoms with Crippen LogP contribution in [0, 0.1) is 0 Å². The molecule has 1 atom stereocenters. The summed E-state index contributed by atoms with van der Waals surface area (Å²) in [7, 11) is 0. The standard InChI is InChI=1S/C17H20N6O/c1-2-23-10-12(7-15(23)24)20-17-13-8-19-9-14(13)21-16(22-17)11-3-5-18-6-4-11/h3-6,12,19H,2,7-10H2,1H3,(H,20,21,22)/t12-/m1/s1. The molecule has 0 saturated carbocycles. The zero-order valence-electron chi connectivity index (χ0n) is 13.6. The molecule has 2 aliphatic heterocycles. The summed E-state index contributed by atoms with van der Waals surface area (Å²) in [6.45, 7) is 4.99. The highest BCUT2D eigenvalue weighted by atomic mass is 16.2. The van der Waals surface area contributed by atoms with Crippen LogP contribution in [0.2, 0.25) is 0 Å². The summed E-state index contributed by atoms with van der Waals surface area (Å²) in [6, 6.07) is 3.92. The van der Waals surface area contributed by atoms with Gasteiger partial charge in [0.05, 0.1) is 11.7 Å². The number of likely N-dealkylation sites (N-methyl/N-ethyl adjacent to an activating group) is 1. The fourth-order valence-corrected chi connectivity index (χ4v) is 3.29. The fourth-order valence-electron chi connectivity index (χ4n) is 3.29. The summed E-state index contributed by atoms with van der Waals surface area (Å²) in [5.41, 5.74) is 3.08. The van der Waals surface area contributed by atoms with Crippen molar-refractivity contribution in [3.05, 3.63) is 35.8 Å². The summed E-state index contributed by atoms with van der Waals surface area (Å²) < 4.78 is 0. The average Bonchev–Trinajstić information content (AvgIpc) is 3.21. The number of carbonyl (C=O) groups excluding carboxylic acids is 1. The van der Waals surface area contributed by atoms with Crippen molar-refractivity contribution >= 4 is 11.7 Å². The number of aromatic nitrogens is 3. The van der Waals surface area contributed by atoms with E-state index in [1.54, 1.807) is 12.4 Å². The van der Waals surface area contributed by atoms with Gasteiger partial charge in [0, 0.05) is 56.1 Å². The predicted octanol–water partition coefficient (Wildman–Crippen LogP) is 1.17. The molecule has 2 aliphatic rings. The van der Waals surface area contributed by atoms with Gasteiger partial charge in [-0.3, -0.25) is 9.78 Å². The van der Waals surface area contributed by atoms with Crippen LogP contribution in [0.1, 0.15) is 24.6 Å². The number of likely N-dealkylation sites (tertiary alicyclic amines) is 1. The molecule has 4 rings (SSSR count). The number of carbonyl (C=O) groups is 1. The van der Waals surface area contributed by atoms with Crippen molar-refractivity contribution in [1.29, 1.82) is 0 Å². The first-order valence-electron chi connectivity index (χ1n) is 8.30. The van der Waals surface area contributed by atoms with Gasteiger partial charge in [-0.05, 0) is 19.1 Å². The number of hydrogen-bond donors (Lipinski definition) is 2. The van der Waals surface area contributed by atoms with E-state index in [1.807, 2.05) is 24.0 Å². The first-order valence-corrected chi connectivity index (χ1v) is 8.30. The van der Waals surface area contributed by atoms with Gasteiger partial charge < -0.3 is 15.5 Å². The van der Waals surface area contributed by atoms with Crippen LogP contribution in [0.4, 0.5) is 5.82 Å². The largest absolute Gasteiger partial charge is 0.365 e. The number of rotatable bonds is 4. The predicted molar refractivity (Wildman–Crippen MR) is 90.1 cm³/mol. The van der Waals surface area contributed by atoms with E-state index in [4.69, 9.17) is 4.98 Å². The number of nitrogens with one attached hydrogen (secondary N) is 2. The van der Waals surface area contributed by atoms with Crippen molar-refractivity contribution in [2.45, 2.75) is 32.5 Å². The topological polar surface area (TPSA) is 83.0 Å². The SMILES string of the molecule is CCN1C[C@H](Nc2nc(-c3ccncc3)nc3c2CNC3)CC1=O. The number of fused-ring (bicyclic) bond motifs is 1. The highest BCUT2D eigenvalue weighted by Crippen LogP contribution is 2.27. The molecular formula is C17H20N6O. The van der Waals surface area contributed by atoms with Gasteiger partial charge >= 0.3 is 0 Å². The molecule has 0 bridgehead atoms. The Bertz CT molecular complexity index is 763. The molecule has 7 heteroatoms. The van der Waals surface area contributed by atoms with Crippen molar-refractivity contribution in [2.75, 3.05) is 18.4 Å². The molecule has 24 heavy (non-hydrogen) atoms. The first kappa shape index (κ1) is 15.0. The van der Waals surface area contributed by atoms with Gasteiger partial charge in [-0.15, -0.1) is 0 Å². The van der Waals surface area contributed by atoms with Crippen molar-refractivity contribution in [2.24, 2.45) is 0 Å². The minimum Gasteiger partial charge on any atom is -0.365 e. The zero-order chi connectivity index (χ0) is 16.5. The molecule has 124 valence electrons. The molecule has 7 nitrogen and oxygen atoms in total. The lowest BCUT2D eigenvalue weighted by Gasteiger charge is -2.17. The monoisotopic (exact) mass is 324 g/mol. The molecule has 0 unspecified atom stereocenters. The van der Waals surface area contributed by atoms with Crippen molar-refractivity contribution in [3.8, 4) is 11.4 Å². The summed E-state index contributed by atoms with van der Waals surface area (Å²) in [5.74, 6) is 1.74. The molecule has 1 fully saturated rings. The third-order valence-electron chi connectivity index (χ3n) is 4.56. The Hall–Kier alpha value is -2.54. The lowest BCUT2D eigenvalue weighted by Crippen LogP contribution is -2.28. The van der Waals surface area contributed by atoms with Crippen LogP contribution in [0.25, 0.3) is 11.4 Å². The smallest absolute Gasteiger partial charge is 0.224 e. The van der Waals surface area contributed by atoms with Gasteiger partial charge in [0.25, 0.3) is 0 Å². The second kappa shape index (κ2) is 6.16. The van der Waals surface area contributed by atoms with E-state index in [9.17, 15) is 4.79 Å². The maximum atomic E-state index is 12.0. The van der Waals surface area contributed by atoms with E-state index in [1.165, 1.54) is 0 Å². The van der Waals surface area contributed by atoms with E-state index in [-0.39, 0.29) is 11.9 Å². The second-order valence-corrected chi connectivity index (χ2v) is 6.14. The Kier molecular flexibility index (Phi) is 3.86. The highest BCUT2D eigenvalue weighted by molar-refractivity contribution is 5.80. The molecule has 1 amide bonds. The van der Waals surface area contributed by atoms with Crippen molar-refractivity contribution < 1.29 is 4.79 Å². The van der Waals surface area contributed by atoms with Gasteiger partial charge in [0.1, 0.15) is 5.82 Å². The van der Waals surface area contributed by atoms with Gasteiger partial charge in [-0.1, -0.05) is 0 Å². The molecule has 0 radical (unpaired) electrons. The summed E-state index contributed by atoms with van der Waals surface area (Å²) in [5, 5.41) is 6.81. The van der Waals surface area contributed by atoms with Crippen molar-refractivity contribution in [1.82, 2.24) is 25.2 Å². The average molecular weight is 324 g/mol. The quantitative estimate of drug-likeness (QED) is 0.878.